The van der Waals surface area contributed by atoms with Crippen molar-refractivity contribution in [2.45, 2.75) is 69.4 Å². The molecule has 0 spiro atoms. The van der Waals surface area contributed by atoms with E-state index in [1.807, 2.05) is 24.3 Å². The number of aliphatic carboxylic acids is 4. The van der Waals surface area contributed by atoms with Crippen molar-refractivity contribution in [1.29, 1.82) is 0 Å². The molecule has 2 aliphatic rings. The summed E-state index contributed by atoms with van der Waals surface area (Å²) in [6.07, 6.45) is 2.63. The first-order valence-corrected chi connectivity index (χ1v) is 13.3. The zero-order valence-electron chi connectivity index (χ0n) is 22.7. The molecule has 1 amide bonds. The molecule has 0 radical (unpaired) electrons. The molecular weight excluding hydrogens is 526 g/mol. The number of carbonyl (C=O) groups excluding carboxylic acids is 1. The van der Waals surface area contributed by atoms with Crippen molar-refractivity contribution < 1.29 is 49.5 Å². The van der Waals surface area contributed by atoms with E-state index in [1.165, 1.54) is 6.42 Å². The number of carboxylic acid groups (broad SMARTS) is 4. The molecule has 3 rings (SSSR count). The van der Waals surface area contributed by atoms with Gasteiger partial charge in [-0.2, -0.15) is 0 Å². The van der Waals surface area contributed by atoms with E-state index in [0.717, 1.165) is 57.7 Å². The summed E-state index contributed by atoms with van der Waals surface area (Å²) in [5.74, 6) is -6.23. The van der Waals surface area contributed by atoms with E-state index in [2.05, 4.69) is 22.0 Å². The molecule has 1 saturated carbocycles. The van der Waals surface area contributed by atoms with E-state index in [9.17, 15) is 29.1 Å². The van der Waals surface area contributed by atoms with Crippen LogP contribution in [-0.4, -0.2) is 104 Å². The molecule has 13 nitrogen and oxygen atoms in total. The average molecular weight is 566 g/mol. The second-order valence-electron chi connectivity index (χ2n) is 10.3. The Bertz CT molecular complexity index is 1030. The SMILES string of the molecule is CCCN1CCN(c2ccc(C(=O)NC3(C(=O)O)CCCCC3)cc2)CC1.O=C(O)CC(O)(CC(=O)O)C(=O)O. The van der Waals surface area contributed by atoms with Crippen molar-refractivity contribution in [3.63, 3.8) is 0 Å². The van der Waals surface area contributed by atoms with Crippen LogP contribution in [0.5, 0.6) is 0 Å². The smallest absolute Gasteiger partial charge is 0.336 e. The summed E-state index contributed by atoms with van der Waals surface area (Å²) in [5, 5.41) is 46.3. The van der Waals surface area contributed by atoms with Gasteiger partial charge in [0.15, 0.2) is 5.60 Å². The Balaban J connectivity index is 0.000000366. The van der Waals surface area contributed by atoms with E-state index in [4.69, 9.17) is 20.4 Å². The first-order chi connectivity index (χ1) is 18.8. The van der Waals surface area contributed by atoms with Gasteiger partial charge >= 0.3 is 23.9 Å². The van der Waals surface area contributed by atoms with Gasteiger partial charge in [-0.25, -0.2) is 9.59 Å². The van der Waals surface area contributed by atoms with Gasteiger partial charge in [-0.15, -0.1) is 0 Å². The van der Waals surface area contributed by atoms with E-state index >= 15 is 0 Å². The lowest BCUT2D eigenvalue weighted by atomic mass is 9.81. The van der Waals surface area contributed by atoms with Gasteiger partial charge < -0.3 is 35.7 Å². The molecule has 222 valence electrons. The zero-order chi connectivity index (χ0) is 29.9. The Hall–Kier alpha value is -3.71. The number of aliphatic hydroxyl groups is 1. The Morgan fingerprint density at radius 2 is 1.38 bits per heavy atom. The predicted octanol–water partition coefficient (Wildman–Crippen LogP) is 1.49. The van der Waals surface area contributed by atoms with Crippen LogP contribution in [0, 0.1) is 0 Å². The summed E-state index contributed by atoms with van der Waals surface area (Å²) in [7, 11) is 0. The number of hydrogen-bond acceptors (Lipinski definition) is 8. The second-order valence-corrected chi connectivity index (χ2v) is 10.3. The summed E-state index contributed by atoms with van der Waals surface area (Å²) < 4.78 is 0. The molecule has 13 heteroatoms. The minimum absolute atomic E-state index is 0.293. The fraction of sp³-hybridized carbons (Fsp3) is 0.593. The van der Waals surface area contributed by atoms with Crippen molar-refractivity contribution >= 4 is 35.5 Å². The molecule has 0 aromatic heterocycles. The number of nitrogens with one attached hydrogen (secondary N) is 1. The average Bonchev–Trinajstić information content (AvgIpc) is 2.89. The maximum Gasteiger partial charge on any atom is 0.336 e. The van der Waals surface area contributed by atoms with E-state index in [0.29, 0.717) is 18.4 Å². The molecule has 1 heterocycles. The van der Waals surface area contributed by atoms with Crippen LogP contribution >= 0.6 is 0 Å². The molecule has 1 aliphatic heterocycles. The van der Waals surface area contributed by atoms with E-state index < -0.39 is 47.9 Å². The van der Waals surface area contributed by atoms with Gasteiger partial charge in [-0.05, 0) is 50.1 Å². The normalized spacial score (nSPS) is 17.2. The van der Waals surface area contributed by atoms with Gasteiger partial charge in [-0.3, -0.25) is 19.3 Å². The Labute approximate surface area is 232 Å². The standard InChI is InChI=1S/C21H31N3O3.C6H8O7/c1-2-12-23-13-15-24(16-14-23)18-8-6-17(7-9-18)19(25)22-21(20(26)27)10-4-3-5-11-21;7-3(8)1-6(13,5(11)12)2-4(9)10/h6-9H,2-5,10-16H2,1H3,(H,22,25)(H,26,27);13H,1-2H2,(H,7,8)(H,9,10)(H,11,12). The van der Waals surface area contributed by atoms with Crippen LogP contribution in [0.25, 0.3) is 0 Å². The number of carboxylic acids is 4. The third-order valence-electron chi connectivity index (χ3n) is 7.16. The quantitative estimate of drug-likeness (QED) is 0.226. The summed E-state index contributed by atoms with van der Waals surface area (Å²) in [6.45, 7) is 7.48. The minimum atomic E-state index is -2.74. The van der Waals surface area contributed by atoms with Crippen molar-refractivity contribution in [2.24, 2.45) is 0 Å². The number of anilines is 1. The summed E-state index contributed by atoms with van der Waals surface area (Å²) in [5.41, 5.74) is -2.20. The highest BCUT2D eigenvalue weighted by Crippen LogP contribution is 2.29. The van der Waals surface area contributed by atoms with E-state index in [1.54, 1.807) is 0 Å². The van der Waals surface area contributed by atoms with Gasteiger partial charge in [0.25, 0.3) is 5.91 Å². The molecule has 1 saturated heterocycles. The Morgan fingerprint density at radius 3 is 1.80 bits per heavy atom. The lowest BCUT2D eigenvalue weighted by molar-refractivity contribution is -0.170. The number of amides is 1. The summed E-state index contributed by atoms with van der Waals surface area (Å²) >= 11 is 0. The fourth-order valence-electron chi connectivity index (χ4n) is 4.92. The summed E-state index contributed by atoms with van der Waals surface area (Å²) in [6, 6.07) is 7.56. The molecular formula is C27H39N3O10. The van der Waals surface area contributed by atoms with Gasteiger partial charge in [0, 0.05) is 37.4 Å². The fourth-order valence-corrected chi connectivity index (χ4v) is 4.92. The van der Waals surface area contributed by atoms with Crippen LogP contribution in [0.15, 0.2) is 24.3 Å². The van der Waals surface area contributed by atoms with Crippen LogP contribution < -0.4 is 10.2 Å². The number of piperazine rings is 1. The van der Waals surface area contributed by atoms with Gasteiger partial charge in [0.05, 0.1) is 12.8 Å². The highest BCUT2D eigenvalue weighted by molar-refractivity contribution is 5.98. The third kappa shape index (κ3) is 9.19. The Morgan fingerprint density at radius 1 is 0.850 bits per heavy atom. The number of benzene rings is 1. The topological polar surface area (TPSA) is 205 Å². The van der Waals surface area contributed by atoms with Gasteiger partial charge in [0.1, 0.15) is 5.54 Å². The second kappa shape index (κ2) is 14.6. The van der Waals surface area contributed by atoms with Crippen LogP contribution in [0.4, 0.5) is 5.69 Å². The van der Waals surface area contributed by atoms with Crippen LogP contribution in [-0.2, 0) is 19.2 Å². The predicted molar refractivity (Wildman–Crippen MR) is 143 cm³/mol. The Kier molecular flexibility index (Phi) is 11.9. The lowest BCUT2D eigenvalue weighted by Gasteiger charge is -2.36. The highest BCUT2D eigenvalue weighted by atomic mass is 16.4. The third-order valence-corrected chi connectivity index (χ3v) is 7.16. The molecule has 0 bridgehead atoms. The molecule has 2 fully saturated rings. The zero-order valence-corrected chi connectivity index (χ0v) is 22.7. The molecule has 1 aromatic carbocycles. The molecule has 1 aliphatic carbocycles. The largest absolute Gasteiger partial charge is 0.481 e. The van der Waals surface area contributed by atoms with Crippen LogP contribution in [0.1, 0.15) is 68.6 Å². The highest BCUT2D eigenvalue weighted by Gasteiger charge is 2.42. The van der Waals surface area contributed by atoms with Gasteiger partial charge in [-0.1, -0.05) is 26.2 Å². The number of rotatable bonds is 11. The van der Waals surface area contributed by atoms with Crippen LogP contribution in [0.3, 0.4) is 0 Å². The minimum Gasteiger partial charge on any atom is -0.481 e. The molecule has 0 unspecified atom stereocenters. The number of nitrogens with zero attached hydrogens (tertiary/aromatic N) is 2. The summed E-state index contributed by atoms with van der Waals surface area (Å²) in [4.78, 5) is 59.7. The molecule has 1 aromatic rings. The maximum atomic E-state index is 12.6. The van der Waals surface area contributed by atoms with Crippen molar-refractivity contribution in [1.82, 2.24) is 10.2 Å². The van der Waals surface area contributed by atoms with Crippen molar-refractivity contribution in [3.8, 4) is 0 Å². The van der Waals surface area contributed by atoms with Crippen molar-refractivity contribution in [2.75, 3.05) is 37.6 Å². The van der Waals surface area contributed by atoms with Gasteiger partial charge in [0.2, 0.25) is 0 Å². The molecule has 6 N–H and O–H groups in total. The van der Waals surface area contributed by atoms with E-state index in [-0.39, 0.29) is 5.91 Å². The molecule has 0 atom stereocenters. The number of hydrogen-bond donors (Lipinski definition) is 6. The monoisotopic (exact) mass is 565 g/mol. The molecule has 40 heavy (non-hydrogen) atoms. The first-order valence-electron chi connectivity index (χ1n) is 13.3. The van der Waals surface area contributed by atoms with Crippen LogP contribution in [0.2, 0.25) is 0 Å². The maximum absolute atomic E-state index is 12.6. The lowest BCUT2D eigenvalue weighted by Crippen LogP contribution is -2.55. The first kappa shape index (κ1) is 32.5. The van der Waals surface area contributed by atoms with Crippen molar-refractivity contribution in [3.05, 3.63) is 29.8 Å². The number of carbonyl (C=O) groups is 5.